The van der Waals surface area contributed by atoms with Crippen LogP contribution in [0.25, 0.3) is 11.1 Å². The maximum absolute atomic E-state index is 13.6. The molecule has 49 heavy (non-hydrogen) atoms. The van der Waals surface area contributed by atoms with Gasteiger partial charge in [-0.15, -0.1) is 0 Å². The summed E-state index contributed by atoms with van der Waals surface area (Å²) in [5, 5.41) is 22.4. The number of rotatable bonds is 11. The SMILES string of the molecule is CN(C)C(=O)c1cc(CC(=O)OCC(C(=O)O)(C(=O)O)c2ccccc2)cc(Br)c1NC(=O)c1ccccc1-c1ccc(C(F)(F)F)cc1. The first-order valence-corrected chi connectivity index (χ1v) is 15.2. The molecule has 0 atom stereocenters. The summed E-state index contributed by atoms with van der Waals surface area (Å²) in [6.07, 6.45) is -5.04. The van der Waals surface area contributed by atoms with Crippen molar-refractivity contribution in [1.82, 2.24) is 4.90 Å². The minimum Gasteiger partial charge on any atom is -0.480 e. The standard InChI is InChI=1S/C35H28BrF3N2O8/c1-41(2)31(44)26-16-20(18-28(42)49-19-34(32(45)46,33(47)48)22-8-4-3-5-9-22)17-27(36)29(26)40-30(43)25-11-7-6-10-24(25)21-12-14-23(15-13-21)35(37,38)39/h3-17H,18-19H2,1-2H3,(H,40,43)(H,45,46)(H,47,48). The number of aliphatic carboxylic acids is 2. The van der Waals surface area contributed by atoms with Gasteiger partial charge in [-0.05, 0) is 68.5 Å². The van der Waals surface area contributed by atoms with Crippen molar-refractivity contribution in [3.63, 3.8) is 0 Å². The Morgan fingerprint density at radius 2 is 1.39 bits per heavy atom. The quantitative estimate of drug-likeness (QED) is 0.120. The number of halogens is 4. The van der Waals surface area contributed by atoms with Crippen molar-refractivity contribution in [1.29, 1.82) is 0 Å². The van der Waals surface area contributed by atoms with E-state index in [4.69, 9.17) is 4.74 Å². The summed E-state index contributed by atoms with van der Waals surface area (Å²) in [5.74, 6) is -5.71. The lowest BCUT2D eigenvalue weighted by Gasteiger charge is -2.25. The highest BCUT2D eigenvalue weighted by Gasteiger charge is 2.50. The van der Waals surface area contributed by atoms with Gasteiger partial charge in [0.2, 0.25) is 5.41 Å². The zero-order valence-electron chi connectivity index (χ0n) is 25.9. The lowest BCUT2D eigenvalue weighted by atomic mass is 9.81. The molecule has 0 spiro atoms. The molecule has 4 aromatic rings. The van der Waals surface area contributed by atoms with Crippen molar-refractivity contribution in [2.45, 2.75) is 18.0 Å². The van der Waals surface area contributed by atoms with E-state index in [2.05, 4.69) is 21.2 Å². The fourth-order valence-corrected chi connectivity index (χ4v) is 5.54. The molecule has 4 rings (SSSR count). The van der Waals surface area contributed by atoms with Crippen LogP contribution >= 0.6 is 15.9 Å². The average molecular weight is 742 g/mol. The Balaban J connectivity index is 1.62. The summed E-state index contributed by atoms with van der Waals surface area (Å²) in [4.78, 5) is 65.3. The van der Waals surface area contributed by atoms with Gasteiger partial charge in [-0.25, -0.2) is 0 Å². The molecule has 4 aromatic carbocycles. The van der Waals surface area contributed by atoms with E-state index in [1.165, 1.54) is 73.6 Å². The smallest absolute Gasteiger partial charge is 0.416 e. The second kappa shape index (κ2) is 14.7. The summed E-state index contributed by atoms with van der Waals surface area (Å²) in [7, 11) is 2.92. The molecule has 0 saturated carbocycles. The molecular formula is C35H28BrF3N2O8. The first kappa shape index (κ1) is 36.3. The second-order valence-corrected chi connectivity index (χ2v) is 11.8. The third-order valence-electron chi connectivity index (χ3n) is 7.51. The third-order valence-corrected chi connectivity index (χ3v) is 8.14. The number of carboxylic acids is 2. The summed E-state index contributed by atoms with van der Waals surface area (Å²) in [6.45, 7) is -1.02. The number of carboxylic acid groups (broad SMARTS) is 2. The number of carbonyl (C=O) groups is 5. The normalized spacial score (nSPS) is 11.4. The number of benzene rings is 4. The highest BCUT2D eigenvalue weighted by molar-refractivity contribution is 9.10. The number of anilines is 1. The van der Waals surface area contributed by atoms with E-state index in [1.54, 1.807) is 24.3 Å². The van der Waals surface area contributed by atoms with Gasteiger partial charge < -0.3 is 25.2 Å². The van der Waals surface area contributed by atoms with Crippen LogP contribution in [0.2, 0.25) is 0 Å². The maximum atomic E-state index is 13.6. The molecule has 0 unspecified atom stereocenters. The number of hydrogen-bond acceptors (Lipinski definition) is 6. The Morgan fingerprint density at radius 3 is 1.96 bits per heavy atom. The highest BCUT2D eigenvalue weighted by atomic mass is 79.9. The molecule has 3 N–H and O–H groups in total. The zero-order chi connectivity index (χ0) is 36.1. The van der Waals surface area contributed by atoms with E-state index in [9.17, 15) is 47.4 Å². The molecule has 0 aromatic heterocycles. The number of carbonyl (C=O) groups excluding carboxylic acids is 3. The maximum Gasteiger partial charge on any atom is 0.416 e. The Hall–Kier alpha value is -5.50. The van der Waals surface area contributed by atoms with E-state index >= 15 is 0 Å². The van der Waals surface area contributed by atoms with Gasteiger partial charge in [-0.3, -0.25) is 24.0 Å². The highest BCUT2D eigenvalue weighted by Crippen LogP contribution is 2.34. The molecular weight excluding hydrogens is 713 g/mol. The Labute approximate surface area is 286 Å². The number of ether oxygens (including phenoxy) is 1. The van der Waals surface area contributed by atoms with Gasteiger partial charge in [-0.1, -0.05) is 60.7 Å². The van der Waals surface area contributed by atoms with Gasteiger partial charge in [0, 0.05) is 24.1 Å². The van der Waals surface area contributed by atoms with Gasteiger partial charge in [0.25, 0.3) is 11.8 Å². The fraction of sp³-hybridized carbons (Fsp3) is 0.171. The molecule has 0 aliphatic carbocycles. The Kier molecular flexibility index (Phi) is 10.9. The minimum atomic E-state index is -4.54. The molecule has 14 heteroatoms. The molecule has 2 amide bonds. The van der Waals surface area contributed by atoms with Gasteiger partial charge in [0.05, 0.1) is 23.2 Å². The number of esters is 1. The molecule has 0 aliphatic heterocycles. The molecule has 0 radical (unpaired) electrons. The lowest BCUT2D eigenvalue weighted by Crippen LogP contribution is -2.48. The third kappa shape index (κ3) is 7.97. The number of alkyl halides is 3. The first-order chi connectivity index (χ1) is 23.1. The average Bonchev–Trinajstić information content (AvgIpc) is 3.05. The van der Waals surface area contributed by atoms with E-state index in [0.29, 0.717) is 11.1 Å². The van der Waals surface area contributed by atoms with Crippen LogP contribution in [-0.4, -0.2) is 65.5 Å². The van der Waals surface area contributed by atoms with Crippen molar-refractivity contribution in [3.05, 3.63) is 123 Å². The predicted octanol–water partition coefficient (Wildman–Crippen LogP) is 6.28. The van der Waals surface area contributed by atoms with Crippen molar-refractivity contribution >= 4 is 51.3 Å². The van der Waals surface area contributed by atoms with Crippen molar-refractivity contribution in [3.8, 4) is 11.1 Å². The topological polar surface area (TPSA) is 150 Å². The second-order valence-electron chi connectivity index (χ2n) is 11.0. The van der Waals surface area contributed by atoms with Crippen LogP contribution in [-0.2, 0) is 37.1 Å². The van der Waals surface area contributed by atoms with Crippen LogP contribution in [0.15, 0.2) is 95.5 Å². The summed E-state index contributed by atoms with van der Waals surface area (Å²) >= 11 is 3.34. The predicted molar refractivity (Wildman–Crippen MR) is 175 cm³/mol. The molecule has 0 bridgehead atoms. The van der Waals surface area contributed by atoms with Gasteiger partial charge >= 0.3 is 24.1 Å². The van der Waals surface area contributed by atoms with E-state index < -0.39 is 59.9 Å². The zero-order valence-corrected chi connectivity index (χ0v) is 27.5. The molecule has 0 saturated heterocycles. The summed E-state index contributed by atoms with van der Waals surface area (Å²) in [6, 6.07) is 20.3. The number of nitrogens with one attached hydrogen (secondary N) is 1. The van der Waals surface area contributed by atoms with E-state index in [-0.39, 0.29) is 32.4 Å². The van der Waals surface area contributed by atoms with Crippen LogP contribution < -0.4 is 5.32 Å². The summed E-state index contributed by atoms with van der Waals surface area (Å²) < 4.78 is 44.7. The number of nitrogens with zero attached hydrogens (tertiary/aromatic N) is 1. The van der Waals surface area contributed by atoms with Gasteiger partial charge in [0.15, 0.2) is 0 Å². The monoisotopic (exact) mass is 740 g/mol. The largest absolute Gasteiger partial charge is 0.480 e. The Morgan fingerprint density at radius 1 is 0.796 bits per heavy atom. The van der Waals surface area contributed by atoms with E-state index in [0.717, 1.165) is 12.1 Å². The molecule has 10 nitrogen and oxygen atoms in total. The fourth-order valence-electron chi connectivity index (χ4n) is 4.93. The number of hydrogen-bond donors (Lipinski definition) is 3. The van der Waals surface area contributed by atoms with Crippen LogP contribution in [0, 0.1) is 0 Å². The van der Waals surface area contributed by atoms with Crippen molar-refractivity contribution < 1.29 is 52.1 Å². The molecule has 0 fully saturated rings. The van der Waals surface area contributed by atoms with Crippen molar-refractivity contribution in [2.24, 2.45) is 0 Å². The summed E-state index contributed by atoms with van der Waals surface area (Å²) in [5.41, 5.74) is -2.56. The van der Waals surface area contributed by atoms with Crippen LogP contribution in [0.1, 0.15) is 37.4 Å². The first-order valence-electron chi connectivity index (χ1n) is 14.4. The van der Waals surface area contributed by atoms with Gasteiger partial charge in [-0.2, -0.15) is 13.2 Å². The lowest BCUT2D eigenvalue weighted by molar-refractivity contribution is -0.164. The van der Waals surface area contributed by atoms with E-state index in [1.807, 2.05) is 0 Å². The molecule has 0 heterocycles. The molecule has 0 aliphatic rings. The van der Waals surface area contributed by atoms with Gasteiger partial charge in [0.1, 0.15) is 6.61 Å². The Bertz CT molecular complexity index is 1900. The van der Waals surface area contributed by atoms with Crippen LogP contribution in [0.5, 0.6) is 0 Å². The molecule has 254 valence electrons. The van der Waals surface area contributed by atoms with Crippen molar-refractivity contribution in [2.75, 3.05) is 26.0 Å². The minimum absolute atomic E-state index is 0.0305. The number of amides is 2. The van der Waals surface area contributed by atoms with Crippen LogP contribution in [0.3, 0.4) is 0 Å². The van der Waals surface area contributed by atoms with Crippen LogP contribution in [0.4, 0.5) is 18.9 Å².